The number of amides is 2. The molecule has 28 heavy (non-hydrogen) atoms. The van der Waals surface area contributed by atoms with E-state index in [4.69, 9.17) is 9.26 Å². The van der Waals surface area contributed by atoms with Crippen LogP contribution in [-0.2, 0) is 14.3 Å². The van der Waals surface area contributed by atoms with Gasteiger partial charge in [0.2, 0.25) is 0 Å². The molecule has 0 fully saturated rings. The predicted molar refractivity (Wildman–Crippen MR) is 106 cm³/mol. The standard InChI is InChI=1S/C19H23N3O5S/c1-12-5-4-6-14(9-12)18(24)20-15(7-8-28-3)19(25)26-11-17(23)21-16-10-13(2)27-22-16/h4-6,9-10,15H,7-8,11H2,1-3H3,(H,20,24)(H,21,22,23). The maximum Gasteiger partial charge on any atom is 0.329 e. The van der Waals surface area contributed by atoms with Crippen LogP contribution in [0.25, 0.3) is 0 Å². The third-order valence-electron chi connectivity index (χ3n) is 3.72. The van der Waals surface area contributed by atoms with E-state index in [9.17, 15) is 14.4 Å². The maximum atomic E-state index is 12.4. The van der Waals surface area contributed by atoms with E-state index in [1.54, 1.807) is 43.0 Å². The molecule has 1 atom stereocenters. The normalized spacial score (nSPS) is 11.5. The zero-order chi connectivity index (χ0) is 20.5. The molecule has 0 aliphatic carbocycles. The van der Waals surface area contributed by atoms with E-state index in [0.717, 1.165) is 5.56 Å². The number of carbonyl (C=O) groups excluding carboxylic acids is 3. The van der Waals surface area contributed by atoms with Gasteiger partial charge >= 0.3 is 5.97 Å². The lowest BCUT2D eigenvalue weighted by Gasteiger charge is -2.17. The second kappa shape index (κ2) is 10.5. The van der Waals surface area contributed by atoms with Crippen molar-refractivity contribution in [3.05, 3.63) is 47.2 Å². The summed E-state index contributed by atoms with van der Waals surface area (Å²) < 4.78 is 9.91. The molecule has 2 N–H and O–H groups in total. The van der Waals surface area contributed by atoms with Crippen LogP contribution in [0.3, 0.4) is 0 Å². The van der Waals surface area contributed by atoms with E-state index in [2.05, 4.69) is 15.8 Å². The number of rotatable bonds is 9. The van der Waals surface area contributed by atoms with E-state index in [0.29, 0.717) is 23.5 Å². The average Bonchev–Trinajstić information content (AvgIpc) is 3.07. The summed E-state index contributed by atoms with van der Waals surface area (Å²) in [5.74, 6) is -0.141. The fourth-order valence-corrected chi connectivity index (χ4v) is 2.83. The highest BCUT2D eigenvalue weighted by atomic mass is 32.2. The number of hydrogen-bond acceptors (Lipinski definition) is 7. The number of thioether (sulfide) groups is 1. The zero-order valence-corrected chi connectivity index (χ0v) is 16.8. The molecule has 0 saturated carbocycles. The average molecular weight is 405 g/mol. The minimum absolute atomic E-state index is 0.241. The van der Waals surface area contributed by atoms with Crippen molar-refractivity contribution in [1.82, 2.24) is 10.5 Å². The first kappa shape index (κ1) is 21.5. The third-order valence-corrected chi connectivity index (χ3v) is 4.37. The maximum absolute atomic E-state index is 12.4. The molecule has 1 aromatic heterocycles. The Kier molecular flexibility index (Phi) is 8.06. The Morgan fingerprint density at radius 3 is 2.68 bits per heavy atom. The van der Waals surface area contributed by atoms with Crippen LogP contribution in [0.2, 0.25) is 0 Å². The molecule has 1 heterocycles. The van der Waals surface area contributed by atoms with Gasteiger partial charge in [-0.05, 0) is 44.4 Å². The number of aryl methyl sites for hydroxylation is 2. The molecule has 0 aliphatic heterocycles. The minimum Gasteiger partial charge on any atom is -0.454 e. The van der Waals surface area contributed by atoms with Gasteiger partial charge in [-0.25, -0.2) is 4.79 Å². The first-order valence-electron chi connectivity index (χ1n) is 8.65. The number of anilines is 1. The molecular formula is C19H23N3O5S. The molecule has 0 bridgehead atoms. The molecule has 2 amide bonds. The van der Waals surface area contributed by atoms with Gasteiger partial charge in [-0.2, -0.15) is 11.8 Å². The van der Waals surface area contributed by atoms with E-state index in [-0.39, 0.29) is 11.7 Å². The van der Waals surface area contributed by atoms with Gasteiger partial charge < -0.3 is 19.9 Å². The highest BCUT2D eigenvalue weighted by molar-refractivity contribution is 7.98. The highest BCUT2D eigenvalue weighted by Gasteiger charge is 2.23. The summed E-state index contributed by atoms with van der Waals surface area (Å²) >= 11 is 1.54. The van der Waals surface area contributed by atoms with Crippen LogP contribution in [0, 0.1) is 13.8 Å². The third kappa shape index (κ3) is 6.73. The van der Waals surface area contributed by atoms with E-state index in [1.165, 1.54) is 0 Å². The summed E-state index contributed by atoms with van der Waals surface area (Å²) in [6.45, 7) is 3.09. The van der Waals surface area contributed by atoms with Crippen molar-refractivity contribution in [1.29, 1.82) is 0 Å². The summed E-state index contributed by atoms with van der Waals surface area (Å²) in [5.41, 5.74) is 1.40. The van der Waals surface area contributed by atoms with E-state index >= 15 is 0 Å². The van der Waals surface area contributed by atoms with E-state index in [1.807, 2.05) is 19.2 Å². The smallest absolute Gasteiger partial charge is 0.329 e. The Morgan fingerprint density at radius 2 is 2.04 bits per heavy atom. The Hall–Kier alpha value is -2.81. The summed E-state index contributed by atoms with van der Waals surface area (Å²) in [6, 6.07) is 7.76. The molecule has 9 heteroatoms. The Morgan fingerprint density at radius 1 is 1.25 bits per heavy atom. The van der Waals surface area contributed by atoms with Crippen molar-refractivity contribution in [2.75, 3.05) is 23.9 Å². The Bertz CT molecular complexity index is 836. The van der Waals surface area contributed by atoms with Crippen LogP contribution < -0.4 is 10.6 Å². The van der Waals surface area contributed by atoms with Crippen LogP contribution in [0.15, 0.2) is 34.9 Å². The van der Waals surface area contributed by atoms with Crippen LogP contribution in [0.5, 0.6) is 0 Å². The van der Waals surface area contributed by atoms with Crippen molar-refractivity contribution in [2.45, 2.75) is 26.3 Å². The number of esters is 1. The number of carbonyl (C=O) groups is 3. The lowest BCUT2D eigenvalue weighted by Crippen LogP contribution is -2.43. The van der Waals surface area contributed by atoms with E-state index < -0.39 is 24.5 Å². The van der Waals surface area contributed by atoms with Crippen molar-refractivity contribution in [3.8, 4) is 0 Å². The van der Waals surface area contributed by atoms with Gasteiger partial charge in [-0.3, -0.25) is 9.59 Å². The van der Waals surface area contributed by atoms with Crippen LogP contribution in [0.4, 0.5) is 5.82 Å². The van der Waals surface area contributed by atoms with Crippen LogP contribution >= 0.6 is 11.8 Å². The number of nitrogens with zero attached hydrogens (tertiary/aromatic N) is 1. The predicted octanol–water partition coefficient (Wildman–Crippen LogP) is 2.32. The van der Waals surface area contributed by atoms with Crippen molar-refractivity contribution in [3.63, 3.8) is 0 Å². The molecule has 8 nitrogen and oxygen atoms in total. The molecule has 1 aromatic carbocycles. The SMILES string of the molecule is CSCCC(NC(=O)c1cccc(C)c1)C(=O)OCC(=O)Nc1cc(C)on1. The lowest BCUT2D eigenvalue weighted by molar-refractivity contribution is -0.149. The fourth-order valence-electron chi connectivity index (χ4n) is 2.35. The number of benzene rings is 1. The molecule has 0 saturated heterocycles. The summed E-state index contributed by atoms with van der Waals surface area (Å²) in [4.78, 5) is 36.7. The Labute approximate surface area is 167 Å². The summed E-state index contributed by atoms with van der Waals surface area (Å²) in [6.07, 6.45) is 2.29. The molecule has 150 valence electrons. The topological polar surface area (TPSA) is 111 Å². The molecular weight excluding hydrogens is 382 g/mol. The first-order chi connectivity index (χ1) is 13.4. The van der Waals surface area contributed by atoms with Crippen molar-refractivity contribution in [2.24, 2.45) is 0 Å². The largest absolute Gasteiger partial charge is 0.454 e. The summed E-state index contributed by atoms with van der Waals surface area (Å²) in [5, 5.41) is 8.78. The number of nitrogens with one attached hydrogen (secondary N) is 2. The Balaban J connectivity index is 1.92. The number of aromatic nitrogens is 1. The van der Waals surface area contributed by atoms with Crippen molar-refractivity contribution >= 4 is 35.4 Å². The quantitative estimate of drug-likeness (QED) is 0.616. The van der Waals surface area contributed by atoms with Gasteiger partial charge in [0, 0.05) is 11.6 Å². The molecule has 0 spiro atoms. The van der Waals surface area contributed by atoms with Gasteiger partial charge in [-0.15, -0.1) is 0 Å². The van der Waals surface area contributed by atoms with Gasteiger partial charge in [0.1, 0.15) is 11.8 Å². The molecule has 2 rings (SSSR count). The van der Waals surface area contributed by atoms with Gasteiger partial charge in [0.05, 0.1) is 0 Å². The number of ether oxygens (including phenoxy) is 1. The monoisotopic (exact) mass is 405 g/mol. The minimum atomic E-state index is -0.845. The highest BCUT2D eigenvalue weighted by Crippen LogP contribution is 2.09. The second-order valence-electron chi connectivity index (χ2n) is 6.16. The first-order valence-corrected chi connectivity index (χ1v) is 10.0. The zero-order valence-electron chi connectivity index (χ0n) is 16.0. The van der Waals surface area contributed by atoms with Gasteiger partial charge in [0.15, 0.2) is 12.4 Å². The number of hydrogen-bond donors (Lipinski definition) is 2. The molecule has 0 radical (unpaired) electrons. The fraction of sp³-hybridized carbons (Fsp3) is 0.368. The molecule has 0 aliphatic rings. The van der Waals surface area contributed by atoms with Crippen LogP contribution in [-0.4, -0.2) is 47.6 Å². The second-order valence-corrected chi connectivity index (χ2v) is 7.14. The molecule has 2 aromatic rings. The summed E-state index contributed by atoms with van der Waals surface area (Å²) in [7, 11) is 0. The lowest BCUT2D eigenvalue weighted by atomic mass is 10.1. The van der Waals surface area contributed by atoms with Gasteiger partial charge in [0.25, 0.3) is 11.8 Å². The van der Waals surface area contributed by atoms with Gasteiger partial charge in [-0.1, -0.05) is 22.9 Å². The molecule has 1 unspecified atom stereocenters. The van der Waals surface area contributed by atoms with Crippen molar-refractivity contribution < 1.29 is 23.6 Å². The van der Waals surface area contributed by atoms with Crippen LogP contribution in [0.1, 0.15) is 28.1 Å².